The predicted octanol–water partition coefficient (Wildman–Crippen LogP) is 10.4. The zero-order valence-electron chi connectivity index (χ0n) is 22.1. The molecule has 0 aromatic rings. The fourth-order valence-electron chi connectivity index (χ4n) is 6.29. The van der Waals surface area contributed by atoms with E-state index in [4.69, 9.17) is 4.43 Å². The van der Waals surface area contributed by atoms with E-state index in [9.17, 15) is 0 Å². The first-order valence-electron chi connectivity index (χ1n) is 14.1. The fourth-order valence-corrected chi connectivity index (χ4v) is 9.03. The zero-order chi connectivity index (χ0) is 22.3. The summed E-state index contributed by atoms with van der Waals surface area (Å²) >= 11 is 0. The Labute approximate surface area is 192 Å². The third kappa shape index (κ3) is 8.97. The molecule has 0 bridgehead atoms. The molecule has 180 valence electrons. The molecular formula is C28H58OSi. The molecule has 0 aromatic heterocycles. The second kappa shape index (κ2) is 15.1. The van der Waals surface area contributed by atoms with Crippen LogP contribution in [0.2, 0.25) is 19.1 Å². The van der Waals surface area contributed by atoms with Crippen LogP contribution < -0.4 is 0 Å². The van der Waals surface area contributed by atoms with Crippen molar-refractivity contribution in [2.75, 3.05) is 0 Å². The molecule has 1 fully saturated rings. The van der Waals surface area contributed by atoms with E-state index in [1.54, 1.807) is 0 Å². The summed E-state index contributed by atoms with van der Waals surface area (Å²) in [5.41, 5.74) is 0.600. The van der Waals surface area contributed by atoms with E-state index in [0.717, 1.165) is 0 Å². The van der Waals surface area contributed by atoms with Crippen LogP contribution in [0.4, 0.5) is 0 Å². The van der Waals surface area contributed by atoms with Gasteiger partial charge in [-0.15, -0.1) is 0 Å². The van der Waals surface area contributed by atoms with Crippen molar-refractivity contribution in [2.45, 2.75) is 174 Å². The van der Waals surface area contributed by atoms with Gasteiger partial charge in [0.2, 0.25) is 0 Å². The van der Waals surface area contributed by atoms with Gasteiger partial charge in [-0.1, -0.05) is 118 Å². The lowest BCUT2D eigenvalue weighted by Crippen LogP contribution is -2.59. The van der Waals surface area contributed by atoms with Crippen LogP contribution in [-0.4, -0.2) is 13.9 Å². The molecule has 1 heterocycles. The van der Waals surface area contributed by atoms with Crippen molar-refractivity contribution in [1.29, 1.82) is 0 Å². The Morgan fingerprint density at radius 2 is 1.03 bits per heavy atom. The summed E-state index contributed by atoms with van der Waals surface area (Å²) in [5.74, 6) is 0. The molecule has 1 unspecified atom stereocenters. The van der Waals surface area contributed by atoms with Gasteiger partial charge in [0.1, 0.15) is 0 Å². The van der Waals surface area contributed by atoms with Gasteiger partial charge in [-0.25, -0.2) is 0 Å². The fraction of sp³-hybridized carbons (Fsp3) is 1.00. The molecule has 0 amide bonds. The van der Waals surface area contributed by atoms with Crippen LogP contribution in [0.15, 0.2) is 0 Å². The highest BCUT2D eigenvalue weighted by Gasteiger charge is 2.54. The molecule has 1 rings (SSSR count). The molecule has 1 aliphatic rings. The van der Waals surface area contributed by atoms with Crippen LogP contribution in [0.25, 0.3) is 0 Å². The minimum atomic E-state index is -1.46. The van der Waals surface area contributed by atoms with Gasteiger partial charge in [0.05, 0.1) is 5.60 Å². The van der Waals surface area contributed by atoms with Crippen molar-refractivity contribution in [2.24, 2.45) is 5.41 Å². The van der Waals surface area contributed by atoms with Crippen LogP contribution in [0.5, 0.6) is 0 Å². The molecule has 0 spiro atoms. The minimum absolute atomic E-state index is 0.159. The molecule has 1 atom stereocenters. The van der Waals surface area contributed by atoms with Crippen LogP contribution in [0.3, 0.4) is 0 Å². The Morgan fingerprint density at radius 1 is 0.600 bits per heavy atom. The first kappa shape index (κ1) is 28.2. The number of hydrogen-bond acceptors (Lipinski definition) is 1. The average Bonchev–Trinajstić information content (AvgIpc) is 2.74. The predicted molar refractivity (Wildman–Crippen MR) is 139 cm³/mol. The summed E-state index contributed by atoms with van der Waals surface area (Å²) < 4.78 is 6.98. The molecule has 1 aliphatic heterocycles. The first-order valence-corrected chi connectivity index (χ1v) is 17.2. The lowest BCUT2D eigenvalue weighted by atomic mass is 9.62. The maximum absolute atomic E-state index is 6.98. The van der Waals surface area contributed by atoms with Crippen LogP contribution in [0.1, 0.15) is 150 Å². The molecule has 0 N–H and O–H groups in total. The van der Waals surface area contributed by atoms with Crippen LogP contribution in [-0.2, 0) is 4.43 Å². The normalized spacial score (nSPS) is 23.0. The molecule has 1 nitrogen and oxygen atoms in total. The molecule has 1 saturated heterocycles. The summed E-state index contributed by atoms with van der Waals surface area (Å²) in [6, 6.07) is 1.36. The maximum atomic E-state index is 6.98. The molecule has 2 heteroatoms. The lowest BCUT2D eigenvalue weighted by Gasteiger charge is -2.58. The summed E-state index contributed by atoms with van der Waals surface area (Å²) in [7, 11) is -1.46. The zero-order valence-corrected chi connectivity index (χ0v) is 23.1. The van der Waals surface area contributed by atoms with E-state index in [-0.39, 0.29) is 5.60 Å². The Balaban J connectivity index is 2.18. The van der Waals surface area contributed by atoms with Crippen LogP contribution in [0, 0.1) is 5.41 Å². The van der Waals surface area contributed by atoms with E-state index in [2.05, 4.69) is 40.8 Å². The molecule has 0 aromatic carbocycles. The van der Waals surface area contributed by atoms with Gasteiger partial charge in [-0.2, -0.15) is 0 Å². The molecule has 0 aliphatic carbocycles. The third-order valence-electron chi connectivity index (χ3n) is 8.47. The SMILES string of the molecule is CCCCCCCCCCCCCCCCC1(CC)CC[Si](C)(C)OC1(CC)CC. The second-order valence-electron chi connectivity index (χ2n) is 11.0. The maximum Gasteiger partial charge on any atom is 0.187 e. The second-order valence-corrected chi connectivity index (χ2v) is 15.3. The van der Waals surface area contributed by atoms with E-state index in [1.807, 2.05) is 0 Å². The van der Waals surface area contributed by atoms with Crippen molar-refractivity contribution >= 4 is 8.32 Å². The Bertz CT molecular complexity index is 415. The van der Waals surface area contributed by atoms with Gasteiger partial charge in [-0.05, 0) is 56.7 Å². The van der Waals surface area contributed by atoms with Gasteiger partial charge in [0, 0.05) is 0 Å². The molecular weight excluding hydrogens is 380 g/mol. The smallest absolute Gasteiger partial charge is 0.187 e. The quantitative estimate of drug-likeness (QED) is 0.153. The van der Waals surface area contributed by atoms with Gasteiger partial charge in [-0.3, -0.25) is 0 Å². The number of unbranched alkanes of at least 4 members (excludes halogenated alkanes) is 13. The molecule has 0 saturated carbocycles. The summed E-state index contributed by atoms with van der Waals surface area (Å²) in [6.07, 6.45) is 26.8. The monoisotopic (exact) mass is 438 g/mol. The van der Waals surface area contributed by atoms with Crippen molar-refractivity contribution in [3.8, 4) is 0 Å². The van der Waals surface area contributed by atoms with Gasteiger partial charge in [0.15, 0.2) is 8.32 Å². The highest BCUT2D eigenvalue weighted by atomic mass is 28.4. The van der Waals surface area contributed by atoms with Crippen LogP contribution >= 0.6 is 0 Å². The summed E-state index contributed by atoms with van der Waals surface area (Å²) in [5, 5.41) is 0. The Morgan fingerprint density at radius 3 is 1.43 bits per heavy atom. The average molecular weight is 439 g/mol. The lowest BCUT2D eigenvalue weighted by molar-refractivity contribution is -0.103. The Hall–Kier alpha value is 0.177. The summed E-state index contributed by atoms with van der Waals surface area (Å²) in [6.45, 7) is 14.4. The van der Waals surface area contributed by atoms with Gasteiger partial charge in [0.25, 0.3) is 0 Å². The van der Waals surface area contributed by atoms with E-state index >= 15 is 0 Å². The largest absolute Gasteiger partial charge is 0.411 e. The van der Waals surface area contributed by atoms with Gasteiger partial charge < -0.3 is 4.43 Å². The first-order chi connectivity index (χ1) is 14.4. The number of rotatable bonds is 18. The van der Waals surface area contributed by atoms with E-state index < -0.39 is 8.32 Å². The standard InChI is InChI=1S/C28H58OSi/c1-7-11-12-13-14-15-16-17-18-19-20-21-22-23-24-27(8-2)25-26-30(5,6)29-28(27,9-3)10-4/h7-26H2,1-6H3. The van der Waals surface area contributed by atoms with E-state index in [0.29, 0.717) is 5.41 Å². The van der Waals surface area contributed by atoms with Crippen molar-refractivity contribution in [3.63, 3.8) is 0 Å². The van der Waals surface area contributed by atoms with Gasteiger partial charge >= 0.3 is 0 Å². The Kier molecular flexibility index (Phi) is 14.2. The molecule has 30 heavy (non-hydrogen) atoms. The molecule has 0 radical (unpaired) electrons. The van der Waals surface area contributed by atoms with E-state index in [1.165, 1.54) is 128 Å². The number of hydrogen-bond donors (Lipinski definition) is 0. The van der Waals surface area contributed by atoms with Crippen molar-refractivity contribution in [1.82, 2.24) is 0 Å². The van der Waals surface area contributed by atoms with Crippen molar-refractivity contribution < 1.29 is 4.43 Å². The highest BCUT2D eigenvalue weighted by molar-refractivity contribution is 6.71. The third-order valence-corrected chi connectivity index (χ3v) is 10.9. The highest BCUT2D eigenvalue weighted by Crippen LogP contribution is 2.55. The summed E-state index contributed by atoms with van der Waals surface area (Å²) in [4.78, 5) is 0. The van der Waals surface area contributed by atoms with Crippen molar-refractivity contribution in [3.05, 3.63) is 0 Å². The minimum Gasteiger partial charge on any atom is -0.411 e. The topological polar surface area (TPSA) is 9.23 Å².